The van der Waals surface area contributed by atoms with Gasteiger partial charge in [0, 0.05) is 5.57 Å². The molecule has 1 aliphatic carbocycles. The van der Waals surface area contributed by atoms with Crippen molar-refractivity contribution in [2.24, 2.45) is 0 Å². The fraction of sp³-hybridized carbons (Fsp3) is 0.636. The summed E-state index contributed by atoms with van der Waals surface area (Å²) in [6.45, 7) is 7.60. The molecule has 3 heteroatoms. The molecule has 0 saturated heterocycles. The largest absolute Gasteiger partial charge is 0.412 e. The number of hydrogen-bond donors (Lipinski definition) is 0. The van der Waals surface area contributed by atoms with E-state index in [0.717, 1.165) is 11.1 Å². The molecule has 0 amide bonds. The third-order valence-corrected chi connectivity index (χ3v) is 2.20. The highest BCUT2D eigenvalue weighted by Crippen LogP contribution is 2.34. The molecule has 1 rings (SSSR count). The van der Waals surface area contributed by atoms with E-state index in [9.17, 15) is 13.2 Å². The van der Waals surface area contributed by atoms with Crippen LogP contribution in [0, 0.1) is 0 Å². The Morgan fingerprint density at radius 2 is 1.57 bits per heavy atom. The van der Waals surface area contributed by atoms with E-state index in [-0.39, 0.29) is 6.42 Å². The Balaban J connectivity index is 0.000000791. The van der Waals surface area contributed by atoms with E-state index in [1.54, 1.807) is 6.92 Å². The van der Waals surface area contributed by atoms with Gasteiger partial charge in [0.15, 0.2) is 0 Å². The maximum atomic E-state index is 12.2. The molecular formula is C11H17F3. The molecule has 0 unspecified atom stereocenters. The standard InChI is InChI=1S/C9H11F3.C2H6/c1-6-3-4-8(5-7(6)2)9(10,11)12;1-2/h5H,3-4H2,1-2H3;1-2H3. The minimum Gasteiger partial charge on any atom is -0.166 e. The minimum atomic E-state index is -4.14. The van der Waals surface area contributed by atoms with Gasteiger partial charge in [-0.2, -0.15) is 13.2 Å². The molecule has 0 N–H and O–H groups in total. The highest BCUT2D eigenvalue weighted by molar-refractivity contribution is 5.32. The predicted octanol–water partition coefficient (Wildman–Crippen LogP) is 4.63. The van der Waals surface area contributed by atoms with Gasteiger partial charge in [0.05, 0.1) is 0 Å². The second-order valence-corrected chi connectivity index (χ2v) is 3.13. The summed E-state index contributed by atoms with van der Waals surface area (Å²) in [4.78, 5) is 0. The van der Waals surface area contributed by atoms with Gasteiger partial charge in [-0.3, -0.25) is 0 Å². The fourth-order valence-corrected chi connectivity index (χ4v) is 1.20. The topological polar surface area (TPSA) is 0 Å². The zero-order valence-electron chi connectivity index (χ0n) is 9.13. The van der Waals surface area contributed by atoms with Crippen molar-refractivity contribution in [3.8, 4) is 0 Å². The number of rotatable bonds is 0. The Morgan fingerprint density at radius 3 is 1.93 bits per heavy atom. The molecule has 0 atom stereocenters. The summed E-state index contributed by atoms with van der Waals surface area (Å²) in [5.74, 6) is 0. The Labute approximate surface area is 83.5 Å². The maximum Gasteiger partial charge on any atom is 0.412 e. The second kappa shape index (κ2) is 5.23. The zero-order valence-corrected chi connectivity index (χ0v) is 9.13. The molecule has 0 fully saturated rings. The zero-order chi connectivity index (χ0) is 11.4. The molecule has 1 aliphatic rings. The van der Waals surface area contributed by atoms with Crippen molar-refractivity contribution in [2.45, 2.75) is 46.7 Å². The van der Waals surface area contributed by atoms with E-state index < -0.39 is 11.7 Å². The van der Waals surface area contributed by atoms with Crippen LogP contribution in [0.25, 0.3) is 0 Å². The van der Waals surface area contributed by atoms with Crippen LogP contribution in [-0.4, -0.2) is 6.18 Å². The molecule has 0 spiro atoms. The molecule has 0 heterocycles. The summed E-state index contributed by atoms with van der Waals surface area (Å²) in [6, 6.07) is 0. The first kappa shape index (κ1) is 13.3. The summed E-state index contributed by atoms with van der Waals surface area (Å²) in [5, 5.41) is 0. The van der Waals surface area contributed by atoms with Crippen molar-refractivity contribution in [1.29, 1.82) is 0 Å². The van der Waals surface area contributed by atoms with E-state index in [2.05, 4.69) is 0 Å². The van der Waals surface area contributed by atoms with Gasteiger partial charge in [-0.25, -0.2) is 0 Å². The summed E-state index contributed by atoms with van der Waals surface area (Å²) in [5.41, 5.74) is 1.42. The van der Waals surface area contributed by atoms with Crippen molar-refractivity contribution in [2.75, 3.05) is 0 Å². The van der Waals surface area contributed by atoms with Crippen LogP contribution in [0.2, 0.25) is 0 Å². The van der Waals surface area contributed by atoms with E-state index in [1.807, 2.05) is 20.8 Å². The SMILES string of the molecule is CC.CC1=C(C)CCC(C(F)(F)F)=C1. The summed E-state index contributed by atoms with van der Waals surface area (Å²) in [7, 11) is 0. The van der Waals surface area contributed by atoms with Crippen molar-refractivity contribution >= 4 is 0 Å². The van der Waals surface area contributed by atoms with Crippen LogP contribution < -0.4 is 0 Å². The van der Waals surface area contributed by atoms with E-state index in [0.29, 0.717) is 6.42 Å². The van der Waals surface area contributed by atoms with Gasteiger partial charge in [-0.1, -0.05) is 31.1 Å². The summed E-state index contributed by atoms with van der Waals surface area (Å²) < 4.78 is 36.5. The van der Waals surface area contributed by atoms with E-state index in [4.69, 9.17) is 0 Å². The number of halogens is 3. The normalized spacial score (nSPS) is 17.2. The van der Waals surface area contributed by atoms with Crippen LogP contribution in [0.4, 0.5) is 13.2 Å². The lowest BCUT2D eigenvalue weighted by molar-refractivity contribution is -0.0942. The average Bonchev–Trinajstić information content (AvgIpc) is 2.11. The first-order valence-corrected chi connectivity index (χ1v) is 4.85. The van der Waals surface area contributed by atoms with Crippen molar-refractivity contribution in [3.63, 3.8) is 0 Å². The van der Waals surface area contributed by atoms with Crippen LogP contribution in [0.1, 0.15) is 40.5 Å². The number of allylic oxidation sites excluding steroid dienone is 4. The Kier molecular flexibility index (Phi) is 4.95. The average molecular weight is 206 g/mol. The molecule has 0 nitrogen and oxygen atoms in total. The lowest BCUT2D eigenvalue weighted by atomic mass is 9.94. The summed E-state index contributed by atoms with van der Waals surface area (Å²) in [6.07, 6.45) is -2.22. The minimum absolute atomic E-state index is 0.132. The quantitative estimate of drug-likeness (QED) is 0.542. The smallest absolute Gasteiger partial charge is 0.166 e. The van der Waals surface area contributed by atoms with Gasteiger partial charge in [0.1, 0.15) is 0 Å². The summed E-state index contributed by atoms with van der Waals surface area (Å²) >= 11 is 0. The fourth-order valence-electron chi connectivity index (χ4n) is 1.20. The van der Waals surface area contributed by atoms with Gasteiger partial charge in [-0.05, 0) is 26.7 Å². The van der Waals surface area contributed by atoms with E-state index >= 15 is 0 Å². The molecule has 0 aromatic rings. The van der Waals surface area contributed by atoms with Crippen LogP contribution in [0.5, 0.6) is 0 Å². The number of alkyl halides is 3. The van der Waals surface area contributed by atoms with Gasteiger partial charge in [0.2, 0.25) is 0 Å². The molecular weight excluding hydrogens is 189 g/mol. The van der Waals surface area contributed by atoms with Crippen LogP contribution >= 0.6 is 0 Å². The molecule has 0 saturated carbocycles. The highest BCUT2D eigenvalue weighted by atomic mass is 19.4. The van der Waals surface area contributed by atoms with Gasteiger partial charge in [0.25, 0.3) is 0 Å². The molecule has 82 valence electrons. The molecule has 0 radical (unpaired) electrons. The molecule has 0 bridgehead atoms. The van der Waals surface area contributed by atoms with Crippen LogP contribution in [0.3, 0.4) is 0 Å². The Bertz CT molecular complexity index is 244. The molecule has 0 aromatic heterocycles. The van der Waals surface area contributed by atoms with E-state index in [1.165, 1.54) is 6.08 Å². The third kappa shape index (κ3) is 3.56. The molecule has 0 aliphatic heterocycles. The Morgan fingerprint density at radius 1 is 1.07 bits per heavy atom. The third-order valence-electron chi connectivity index (χ3n) is 2.20. The first-order chi connectivity index (χ1) is 6.41. The monoisotopic (exact) mass is 206 g/mol. The highest BCUT2D eigenvalue weighted by Gasteiger charge is 2.34. The first-order valence-electron chi connectivity index (χ1n) is 4.85. The van der Waals surface area contributed by atoms with Gasteiger partial charge >= 0.3 is 6.18 Å². The maximum absolute atomic E-state index is 12.2. The number of hydrogen-bond acceptors (Lipinski definition) is 0. The Hall–Kier alpha value is -0.730. The lowest BCUT2D eigenvalue weighted by Gasteiger charge is -2.17. The molecule has 14 heavy (non-hydrogen) atoms. The van der Waals surface area contributed by atoms with Gasteiger partial charge < -0.3 is 0 Å². The predicted molar refractivity (Wildman–Crippen MR) is 53.1 cm³/mol. The van der Waals surface area contributed by atoms with Gasteiger partial charge in [-0.15, -0.1) is 0 Å². The molecule has 0 aromatic carbocycles. The van der Waals surface area contributed by atoms with Crippen LogP contribution in [-0.2, 0) is 0 Å². The van der Waals surface area contributed by atoms with Crippen molar-refractivity contribution in [3.05, 3.63) is 22.8 Å². The second-order valence-electron chi connectivity index (χ2n) is 3.13. The lowest BCUT2D eigenvalue weighted by Crippen LogP contribution is -2.14. The van der Waals surface area contributed by atoms with Crippen LogP contribution in [0.15, 0.2) is 22.8 Å². The van der Waals surface area contributed by atoms with Crippen molar-refractivity contribution in [1.82, 2.24) is 0 Å². The van der Waals surface area contributed by atoms with Crippen molar-refractivity contribution < 1.29 is 13.2 Å².